The van der Waals surface area contributed by atoms with E-state index in [0.29, 0.717) is 4.08 Å². The van der Waals surface area contributed by atoms with Crippen LogP contribution in [0.5, 0.6) is 0 Å². The summed E-state index contributed by atoms with van der Waals surface area (Å²) in [5.41, 5.74) is 0. The van der Waals surface area contributed by atoms with E-state index >= 15 is 0 Å². The Balaban J connectivity index is 2.11. The van der Waals surface area contributed by atoms with Crippen molar-refractivity contribution in [3.63, 3.8) is 0 Å². The highest BCUT2D eigenvalue weighted by atomic mass is 32.3. The van der Waals surface area contributed by atoms with Crippen LogP contribution in [0.1, 0.15) is 13.8 Å². The molecule has 2 rings (SSSR count). The summed E-state index contributed by atoms with van der Waals surface area (Å²) in [6.45, 7) is 7.39. The Morgan fingerprint density at radius 1 is 1.33 bits per heavy atom. The first-order valence-corrected chi connectivity index (χ1v) is 6.57. The predicted molar refractivity (Wildman–Crippen MR) is 58.6 cm³/mol. The van der Waals surface area contributed by atoms with Gasteiger partial charge in [0.2, 0.25) is 0 Å². The van der Waals surface area contributed by atoms with Crippen molar-refractivity contribution in [2.45, 2.75) is 17.9 Å². The van der Waals surface area contributed by atoms with E-state index in [4.69, 9.17) is 0 Å². The lowest BCUT2D eigenvalue weighted by molar-refractivity contribution is 0.159. The van der Waals surface area contributed by atoms with Gasteiger partial charge in [0.15, 0.2) is 0 Å². The van der Waals surface area contributed by atoms with Crippen LogP contribution in [-0.4, -0.2) is 34.2 Å². The summed E-state index contributed by atoms with van der Waals surface area (Å²) < 4.78 is 0.562. The van der Waals surface area contributed by atoms with Crippen LogP contribution in [0.2, 0.25) is 0 Å². The molecule has 0 aromatic heterocycles. The molecule has 0 aliphatic carbocycles. The number of rotatable bonds is 0. The van der Waals surface area contributed by atoms with Gasteiger partial charge in [0, 0.05) is 18.2 Å². The third-order valence-corrected chi connectivity index (χ3v) is 6.87. The summed E-state index contributed by atoms with van der Waals surface area (Å²) in [6, 6.07) is 0. The van der Waals surface area contributed by atoms with E-state index in [1.165, 1.54) is 18.2 Å². The van der Waals surface area contributed by atoms with Crippen LogP contribution >= 0.6 is 23.5 Å². The van der Waals surface area contributed by atoms with Crippen molar-refractivity contribution in [3.05, 3.63) is 0 Å². The molecule has 0 radical (unpaired) electrons. The summed E-state index contributed by atoms with van der Waals surface area (Å²) in [5, 5.41) is 1.31. The number of hydrogen-bond donors (Lipinski definition) is 0. The summed E-state index contributed by atoms with van der Waals surface area (Å²) in [5.74, 6) is 1.75. The van der Waals surface area contributed by atoms with E-state index in [2.05, 4.69) is 49.3 Å². The predicted octanol–water partition coefficient (Wildman–Crippen LogP) is 2.34. The third kappa shape index (κ3) is 1.30. The van der Waals surface area contributed by atoms with Gasteiger partial charge >= 0.3 is 0 Å². The Kier molecular flexibility index (Phi) is 2.39. The molecule has 70 valence electrons. The average molecular weight is 203 g/mol. The van der Waals surface area contributed by atoms with Crippen LogP contribution in [0, 0.1) is 11.8 Å². The van der Waals surface area contributed by atoms with Crippen molar-refractivity contribution in [3.8, 4) is 0 Å². The molecule has 0 saturated carbocycles. The van der Waals surface area contributed by atoms with Gasteiger partial charge in [-0.05, 0) is 18.9 Å². The fraction of sp³-hybridized carbons (Fsp3) is 1.00. The lowest BCUT2D eigenvalue weighted by Gasteiger charge is -2.53. The Hall–Kier alpha value is 0.660. The van der Waals surface area contributed by atoms with Crippen LogP contribution in [0.4, 0.5) is 0 Å². The van der Waals surface area contributed by atoms with E-state index in [9.17, 15) is 0 Å². The Bertz CT molecular complexity index is 179. The van der Waals surface area contributed by atoms with E-state index in [1.54, 1.807) is 0 Å². The zero-order valence-electron chi connectivity index (χ0n) is 8.04. The minimum absolute atomic E-state index is 0.562. The zero-order valence-corrected chi connectivity index (χ0v) is 9.67. The molecule has 0 aromatic rings. The number of nitrogens with zero attached hydrogens (tertiary/aromatic N) is 1. The van der Waals surface area contributed by atoms with Gasteiger partial charge < -0.3 is 4.90 Å². The van der Waals surface area contributed by atoms with Crippen LogP contribution in [-0.2, 0) is 0 Å². The molecular weight excluding hydrogens is 186 g/mol. The number of hydrogen-bond acceptors (Lipinski definition) is 3. The molecule has 0 amide bonds. The van der Waals surface area contributed by atoms with Crippen molar-refractivity contribution < 1.29 is 0 Å². The van der Waals surface area contributed by atoms with Crippen LogP contribution in [0.15, 0.2) is 0 Å². The molecule has 0 bridgehead atoms. The summed E-state index contributed by atoms with van der Waals surface area (Å²) in [4.78, 5) is 2.49. The molecule has 2 atom stereocenters. The molecule has 2 saturated heterocycles. The molecule has 0 aromatic carbocycles. The van der Waals surface area contributed by atoms with Gasteiger partial charge in [-0.2, -0.15) is 0 Å². The van der Waals surface area contributed by atoms with Crippen LogP contribution < -0.4 is 0 Å². The van der Waals surface area contributed by atoms with Crippen LogP contribution in [0.3, 0.4) is 0 Å². The highest BCUT2D eigenvalue weighted by molar-refractivity contribution is 8.33. The first-order valence-electron chi connectivity index (χ1n) is 4.60. The molecule has 2 aliphatic rings. The van der Waals surface area contributed by atoms with E-state index in [-0.39, 0.29) is 0 Å². The van der Waals surface area contributed by atoms with Gasteiger partial charge in [-0.25, -0.2) is 0 Å². The van der Waals surface area contributed by atoms with E-state index in [0.717, 1.165) is 11.8 Å². The van der Waals surface area contributed by atoms with Crippen molar-refractivity contribution in [2.24, 2.45) is 11.8 Å². The van der Waals surface area contributed by atoms with E-state index < -0.39 is 0 Å². The molecule has 3 heteroatoms. The number of thioether (sulfide) groups is 2. The largest absolute Gasteiger partial charge is 0.304 e. The highest BCUT2D eigenvalue weighted by Gasteiger charge is 2.49. The first-order chi connectivity index (χ1) is 5.64. The van der Waals surface area contributed by atoms with Gasteiger partial charge in [0.1, 0.15) is 0 Å². The smallest absolute Gasteiger partial charge is 0.0782 e. The molecule has 12 heavy (non-hydrogen) atoms. The standard InChI is InChI=1S/C9H17NS2/c1-7-4-10(3)5-9(8(7)2)11-6-12-9/h7-8H,4-6H2,1-3H3. The van der Waals surface area contributed by atoms with Crippen molar-refractivity contribution in [1.29, 1.82) is 0 Å². The Morgan fingerprint density at radius 2 is 2.00 bits per heavy atom. The summed E-state index contributed by atoms with van der Waals surface area (Å²) in [7, 11) is 2.25. The van der Waals surface area contributed by atoms with Gasteiger partial charge in [-0.3, -0.25) is 0 Å². The molecule has 2 heterocycles. The Labute approximate surface area is 83.7 Å². The molecule has 2 unspecified atom stereocenters. The Morgan fingerprint density at radius 3 is 2.50 bits per heavy atom. The van der Waals surface area contributed by atoms with Gasteiger partial charge in [0.05, 0.1) is 4.08 Å². The maximum absolute atomic E-state index is 2.49. The second-order valence-electron chi connectivity index (χ2n) is 4.18. The summed E-state index contributed by atoms with van der Waals surface area (Å²) in [6.07, 6.45) is 0. The monoisotopic (exact) mass is 203 g/mol. The normalized spacial score (nSPS) is 41.2. The average Bonchev–Trinajstić information content (AvgIpc) is 1.93. The first kappa shape index (κ1) is 9.22. The second-order valence-corrected chi connectivity index (χ2v) is 7.42. The number of likely N-dealkylation sites (tertiary alicyclic amines) is 1. The fourth-order valence-corrected chi connectivity index (χ4v) is 5.53. The molecule has 1 spiro atoms. The quantitative estimate of drug-likeness (QED) is 0.595. The highest BCUT2D eigenvalue weighted by Crippen LogP contribution is 2.58. The molecule has 0 N–H and O–H groups in total. The van der Waals surface area contributed by atoms with Gasteiger partial charge in [-0.1, -0.05) is 13.8 Å². The molecule has 1 nitrogen and oxygen atoms in total. The van der Waals surface area contributed by atoms with Gasteiger partial charge in [0.25, 0.3) is 0 Å². The minimum atomic E-state index is 0.562. The SMILES string of the molecule is CC1CN(C)CC2(SCS2)C1C. The summed E-state index contributed by atoms with van der Waals surface area (Å²) >= 11 is 4.33. The maximum Gasteiger partial charge on any atom is 0.0782 e. The van der Waals surface area contributed by atoms with Gasteiger partial charge in [-0.15, -0.1) is 23.5 Å². The molecular formula is C9H17NS2. The topological polar surface area (TPSA) is 3.24 Å². The minimum Gasteiger partial charge on any atom is -0.304 e. The van der Waals surface area contributed by atoms with Crippen molar-refractivity contribution in [1.82, 2.24) is 4.90 Å². The van der Waals surface area contributed by atoms with Crippen LogP contribution in [0.25, 0.3) is 0 Å². The zero-order chi connectivity index (χ0) is 8.77. The molecule has 2 fully saturated rings. The van der Waals surface area contributed by atoms with E-state index in [1.807, 2.05) is 0 Å². The molecule has 2 aliphatic heterocycles. The second kappa shape index (κ2) is 3.10. The lowest BCUT2D eigenvalue weighted by atomic mass is 9.88. The lowest BCUT2D eigenvalue weighted by Crippen LogP contribution is -2.54. The maximum atomic E-state index is 2.49. The van der Waals surface area contributed by atoms with Crippen molar-refractivity contribution in [2.75, 3.05) is 25.2 Å². The number of piperidine rings is 1. The van der Waals surface area contributed by atoms with Crippen molar-refractivity contribution >= 4 is 23.5 Å². The fourth-order valence-electron chi connectivity index (χ4n) is 2.23. The third-order valence-electron chi connectivity index (χ3n) is 3.24.